The van der Waals surface area contributed by atoms with Gasteiger partial charge in [-0.25, -0.2) is 4.98 Å². The molecule has 0 unspecified atom stereocenters. The number of pyridine rings is 3. The van der Waals surface area contributed by atoms with Crippen molar-refractivity contribution >= 4 is 17.0 Å². The molecule has 5 rings (SSSR count). The fourth-order valence-electron chi connectivity index (χ4n) is 4.00. The Labute approximate surface area is 203 Å². The van der Waals surface area contributed by atoms with E-state index in [0.29, 0.717) is 6.54 Å². The Morgan fingerprint density at radius 2 is 1.77 bits per heavy atom. The van der Waals surface area contributed by atoms with Crippen LogP contribution in [0.4, 0.5) is 0 Å². The standard InChI is InChI=1S/C28H25N5O2/c1-18-4-3-5-26(32-18)27-13-25(24-10-11-31-28(24)33-27)23-12-22(15-29-16-23)21-8-6-20(7-9-21)14-30-17-35-19(2)34/h3-13,15-16,30H,14,17H2,1-2H3,(H,31,33). The maximum absolute atomic E-state index is 10.9. The molecule has 0 amide bonds. The van der Waals surface area contributed by atoms with Crippen LogP contribution in [0.5, 0.6) is 0 Å². The number of hydrogen-bond acceptors (Lipinski definition) is 6. The number of H-pyrrole nitrogens is 1. The van der Waals surface area contributed by atoms with Gasteiger partial charge < -0.3 is 9.72 Å². The van der Waals surface area contributed by atoms with Crippen molar-refractivity contribution < 1.29 is 9.53 Å². The van der Waals surface area contributed by atoms with Crippen molar-refractivity contribution in [1.82, 2.24) is 25.3 Å². The lowest BCUT2D eigenvalue weighted by atomic mass is 9.99. The highest BCUT2D eigenvalue weighted by molar-refractivity contribution is 5.95. The van der Waals surface area contributed by atoms with Gasteiger partial charge in [0.25, 0.3) is 0 Å². The predicted molar refractivity (Wildman–Crippen MR) is 136 cm³/mol. The van der Waals surface area contributed by atoms with Crippen LogP contribution in [-0.2, 0) is 16.1 Å². The van der Waals surface area contributed by atoms with Crippen molar-refractivity contribution in [2.75, 3.05) is 6.73 Å². The quantitative estimate of drug-likeness (QED) is 0.194. The molecule has 0 atom stereocenters. The van der Waals surface area contributed by atoms with E-state index in [9.17, 15) is 4.79 Å². The topological polar surface area (TPSA) is 92.8 Å². The first kappa shape index (κ1) is 22.4. The van der Waals surface area contributed by atoms with Crippen LogP contribution in [0.25, 0.3) is 44.7 Å². The monoisotopic (exact) mass is 463 g/mol. The van der Waals surface area contributed by atoms with Crippen molar-refractivity contribution in [2.24, 2.45) is 0 Å². The second kappa shape index (κ2) is 9.87. The Morgan fingerprint density at radius 3 is 2.57 bits per heavy atom. The van der Waals surface area contributed by atoms with Gasteiger partial charge >= 0.3 is 5.97 Å². The van der Waals surface area contributed by atoms with E-state index in [0.717, 1.165) is 55.9 Å². The third-order valence-corrected chi connectivity index (χ3v) is 5.72. The lowest BCUT2D eigenvalue weighted by molar-refractivity contribution is -0.141. The Morgan fingerprint density at radius 1 is 0.943 bits per heavy atom. The molecular formula is C28H25N5O2. The summed E-state index contributed by atoms with van der Waals surface area (Å²) in [6, 6.07) is 20.5. The number of aromatic nitrogens is 4. The molecule has 5 aromatic rings. The van der Waals surface area contributed by atoms with Gasteiger partial charge in [-0.2, -0.15) is 0 Å². The summed E-state index contributed by atoms with van der Waals surface area (Å²) >= 11 is 0. The van der Waals surface area contributed by atoms with Crippen molar-refractivity contribution in [3.63, 3.8) is 0 Å². The first-order valence-corrected chi connectivity index (χ1v) is 11.4. The Kier molecular flexibility index (Phi) is 6.32. The highest BCUT2D eigenvalue weighted by Crippen LogP contribution is 2.33. The van der Waals surface area contributed by atoms with E-state index in [1.54, 1.807) is 0 Å². The number of nitrogens with one attached hydrogen (secondary N) is 2. The largest absolute Gasteiger partial charge is 0.450 e. The number of carbonyl (C=O) groups is 1. The minimum Gasteiger partial charge on any atom is -0.450 e. The molecule has 0 radical (unpaired) electrons. The zero-order valence-corrected chi connectivity index (χ0v) is 19.6. The van der Waals surface area contributed by atoms with Crippen LogP contribution < -0.4 is 5.32 Å². The second-order valence-electron chi connectivity index (χ2n) is 8.33. The minimum atomic E-state index is -0.298. The molecule has 0 aliphatic carbocycles. The molecule has 7 heteroatoms. The molecule has 0 spiro atoms. The first-order chi connectivity index (χ1) is 17.1. The minimum absolute atomic E-state index is 0.197. The number of hydrogen-bond donors (Lipinski definition) is 2. The van der Waals surface area contributed by atoms with Gasteiger partial charge in [0.1, 0.15) is 12.4 Å². The van der Waals surface area contributed by atoms with Gasteiger partial charge in [-0.1, -0.05) is 30.3 Å². The number of aryl methyl sites for hydroxylation is 1. The van der Waals surface area contributed by atoms with Gasteiger partial charge in [0.15, 0.2) is 0 Å². The maximum Gasteiger partial charge on any atom is 0.303 e. The molecule has 7 nitrogen and oxygen atoms in total. The molecule has 0 fully saturated rings. The molecular weight excluding hydrogens is 438 g/mol. The number of ether oxygens (including phenoxy) is 1. The van der Waals surface area contributed by atoms with Crippen LogP contribution >= 0.6 is 0 Å². The van der Waals surface area contributed by atoms with Crippen LogP contribution in [-0.4, -0.2) is 32.6 Å². The van der Waals surface area contributed by atoms with Gasteiger partial charge in [0, 0.05) is 54.3 Å². The summed E-state index contributed by atoms with van der Waals surface area (Å²) in [7, 11) is 0. The van der Waals surface area contributed by atoms with Crippen molar-refractivity contribution in [1.29, 1.82) is 0 Å². The molecule has 4 aromatic heterocycles. The molecule has 2 N–H and O–H groups in total. The third-order valence-electron chi connectivity index (χ3n) is 5.72. The summed E-state index contributed by atoms with van der Waals surface area (Å²) in [6.45, 7) is 4.19. The summed E-state index contributed by atoms with van der Waals surface area (Å²) in [6.07, 6.45) is 5.65. The Balaban J connectivity index is 1.44. The van der Waals surface area contributed by atoms with Gasteiger partial charge in [0.05, 0.1) is 11.4 Å². The SMILES string of the molecule is CC(=O)OCNCc1ccc(-c2cncc(-c3cc(-c4cccc(C)n4)nc4[nH]ccc34)c2)cc1. The first-order valence-electron chi connectivity index (χ1n) is 11.4. The average Bonchev–Trinajstić information content (AvgIpc) is 3.35. The summed E-state index contributed by atoms with van der Waals surface area (Å²) in [5, 5.41) is 4.13. The molecule has 4 heterocycles. The molecule has 0 saturated carbocycles. The third kappa shape index (κ3) is 5.10. The van der Waals surface area contributed by atoms with Crippen LogP contribution in [0.2, 0.25) is 0 Å². The number of benzene rings is 1. The van der Waals surface area contributed by atoms with Gasteiger partial charge in [0.2, 0.25) is 0 Å². The van der Waals surface area contributed by atoms with Crippen LogP contribution in [0.15, 0.2) is 79.3 Å². The van der Waals surface area contributed by atoms with E-state index in [2.05, 4.69) is 56.7 Å². The maximum atomic E-state index is 10.9. The van der Waals surface area contributed by atoms with Gasteiger partial charge in [-0.05, 0) is 53.9 Å². The normalized spacial score (nSPS) is 11.0. The lowest BCUT2D eigenvalue weighted by Gasteiger charge is -2.10. The summed E-state index contributed by atoms with van der Waals surface area (Å²) in [5.74, 6) is -0.298. The van der Waals surface area contributed by atoms with Crippen molar-refractivity contribution in [2.45, 2.75) is 20.4 Å². The summed E-state index contributed by atoms with van der Waals surface area (Å²) in [4.78, 5) is 28.1. The Bertz CT molecular complexity index is 1490. The molecule has 0 aliphatic heterocycles. The number of esters is 1. The zero-order valence-electron chi connectivity index (χ0n) is 19.6. The zero-order chi connectivity index (χ0) is 24.2. The van der Waals surface area contributed by atoms with Crippen LogP contribution in [0.3, 0.4) is 0 Å². The lowest BCUT2D eigenvalue weighted by Crippen LogP contribution is -2.19. The van der Waals surface area contributed by atoms with Crippen molar-refractivity contribution in [3.8, 4) is 33.6 Å². The van der Waals surface area contributed by atoms with E-state index in [4.69, 9.17) is 9.72 Å². The predicted octanol–water partition coefficient (Wildman–Crippen LogP) is 5.27. The molecule has 1 aromatic carbocycles. The van der Waals surface area contributed by atoms with E-state index in [-0.39, 0.29) is 12.7 Å². The molecule has 0 aliphatic rings. The average molecular weight is 464 g/mol. The molecule has 0 bridgehead atoms. The number of rotatable bonds is 7. The van der Waals surface area contributed by atoms with Crippen LogP contribution in [0, 0.1) is 6.92 Å². The molecule has 0 saturated heterocycles. The van der Waals surface area contributed by atoms with Crippen LogP contribution in [0.1, 0.15) is 18.2 Å². The summed E-state index contributed by atoms with van der Waals surface area (Å²) in [5.41, 5.74) is 8.68. The highest BCUT2D eigenvalue weighted by atomic mass is 16.5. The number of nitrogens with zero attached hydrogens (tertiary/aromatic N) is 3. The van der Waals surface area contributed by atoms with Gasteiger partial charge in [-0.15, -0.1) is 0 Å². The second-order valence-corrected chi connectivity index (χ2v) is 8.33. The fourth-order valence-corrected chi connectivity index (χ4v) is 4.00. The van der Waals surface area contributed by atoms with Gasteiger partial charge in [-0.3, -0.25) is 20.1 Å². The van der Waals surface area contributed by atoms with E-state index in [1.165, 1.54) is 6.92 Å². The molecule has 174 valence electrons. The highest BCUT2D eigenvalue weighted by Gasteiger charge is 2.12. The summed E-state index contributed by atoms with van der Waals surface area (Å²) < 4.78 is 4.91. The van der Waals surface area contributed by atoms with E-state index < -0.39 is 0 Å². The van der Waals surface area contributed by atoms with Crippen molar-refractivity contribution in [3.05, 3.63) is 90.5 Å². The number of carbonyl (C=O) groups excluding carboxylic acids is 1. The van der Waals surface area contributed by atoms with E-state index >= 15 is 0 Å². The fraction of sp³-hybridized carbons (Fsp3) is 0.143. The smallest absolute Gasteiger partial charge is 0.303 e. The number of aromatic amines is 1. The Hall–Kier alpha value is -4.36. The van der Waals surface area contributed by atoms with E-state index in [1.807, 2.05) is 49.8 Å². The molecule has 35 heavy (non-hydrogen) atoms. The number of fused-ring (bicyclic) bond motifs is 1.